The van der Waals surface area contributed by atoms with Crippen LogP contribution >= 0.6 is 0 Å². The molecule has 3 N–H and O–H groups in total. The van der Waals surface area contributed by atoms with Gasteiger partial charge < -0.3 is 10.2 Å². The number of carboxylic acids is 1. The number of nitrogens with one attached hydrogen (secondary N) is 1. The van der Waals surface area contributed by atoms with Crippen molar-refractivity contribution in [3.63, 3.8) is 0 Å². The summed E-state index contributed by atoms with van der Waals surface area (Å²) in [5, 5.41) is 21.1. The number of carboxylic acid groups (broad SMARTS) is 1. The van der Waals surface area contributed by atoms with Crippen molar-refractivity contribution in [3.05, 3.63) is 35.9 Å². The number of aliphatic carboxylic acids is 1. The summed E-state index contributed by atoms with van der Waals surface area (Å²) in [7, 11) is 0. The van der Waals surface area contributed by atoms with E-state index in [1.165, 1.54) is 5.56 Å². The second-order valence-corrected chi connectivity index (χ2v) is 4.35. The maximum Gasteiger partial charge on any atom is 0.303 e. The van der Waals surface area contributed by atoms with Crippen LogP contribution in [0.15, 0.2) is 30.3 Å². The first kappa shape index (κ1) is 14.7. The molecule has 1 rings (SSSR count). The average Bonchev–Trinajstić information content (AvgIpc) is 2.36. The number of unbranched alkanes of at least 4 members (excludes halogenated alkanes) is 1. The summed E-state index contributed by atoms with van der Waals surface area (Å²) in [5.74, 6) is -0.776. The molecule has 1 aromatic rings. The van der Waals surface area contributed by atoms with Gasteiger partial charge in [-0.15, -0.1) is 0 Å². The lowest BCUT2D eigenvalue weighted by Crippen LogP contribution is -2.30. The summed E-state index contributed by atoms with van der Waals surface area (Å²) < 4.78 is 0. The molecule has 0 saturated carbocycles. The summed E-state index contributed by atoms with van der Waals surface area (Å²) in [6.07, 6.45) is 2.47. The Labute approximate surface area is 108 Å². The zero-order chi connectivity index (χ0) is 13.2. The molecule has 1 unspecified atom stereocenters. The SMILES string of the molecule is O=C(O)CCCCC(O)NCCc1ccccc1. The maximum absolute atomic E-state index is 10.3. The Balaban J connectivity index is 2.03. The summed E-state index contributed by atoms with van der Waals surface area (Å²) >= 11 is 0. The summed E-state index contributed by atoms with van der Waals surface area (Å²) in [6.45, 7) is 0.726. The molecule has 0 heterocycles. The van der Waals surface area contributed by atoms with Crippen molar-refractivity contribution >= 4 is 5.97 Å². The number of rotatable bonds is 9. The van der Waals surface area contributed by atoms with E-state index in [9.17, 15) is 9.90 Å². The van der Waals surface area contributed by atoms with Crippen LogP contribution in [0.3, 0.4) is 0 Å². The van der Waals surface area contributed by atoms with Crippen molar-refractivity contribution in [2.24, 2.45) is 0 Å². The fourth-order valence-corrected chi connectivity index (χ4v) is 1.74. The number of hydrogen-bond donors (Lipinski definition) is 3. The third-order valence-corrected chi connectivity index (χ3v) is 2.75. The average molecular weight is 251 g/mol. The van der Waals surface area contributed by atoms with E-state index in [0.717, 1.165) is 19.4 Å². The quantitative estimate of drug-likeness (QED) is 0.462. The van der Waals surface area contributed by atoms with Crippen LogP contribution in [0.2, 0.25) is 0 Å². The smallest absolute Gasteiger partial charge is 0.303 e. The summed E-state index contributed by atoms with van der Waals surface area (Å²) in [4.78, 5) is 10.3. The zero-order valence-corrected chi connectivity index (χ0v) is 10.5. The maximum atomic E-state index is 10.3. The number of carbonyl (C=O) groups is 1. The minimum absolute atomic E-state index is 0.177. The van der Waals surface area contributed by atoms with Crippen LogP contribution in [-0.2, 0) is 11.2 Å². The lowest BCUT2D eigenvalue weighted by molar-refractivity contribution is -0.137. The van der Waals surface area contributed by atoms with E-state index in [1.54, 1.807) is 0 Å². The van der Waals surface area contributed by atoms with Gasteiger partial charge in [-0.3, -0.25) is 10.1 Å². The van der Waals surface area contributed by atoms with Crippen LogP contribution in [0.5, 0.6) is 0 Å². The van der Waals surface area contributed by atoms with Crippen molar-refractivity contribution < 1.29 is 15.0 Å². The molecule has 1 aromatic carbocycles. The molecule has 0 aliphatic carbocycles. The van der Waals surface area contributed by atoms with Crippen molar-refractivity contribution in [2.75, 3.05) is 6.54 Å². The molecular formula is C14H21NO3. The van der Waals surface area contributed by atoms with Gasteiger partial charge in [0, 0.05) is 13.0 Å². The Hall–Kier alpha value is -1.39. The first-order valence-corrected chi connectivity index (χ1v) is 6.35. The third kappa shape index (κ3) is 7.04. The van der Waals surface area contributed by atoms with Crippen LogP contribution in [-0.4, -0.2) is 29.0 Å². The molecule has 4 heteroatoms. The van der Waals surface area contributed by atoms with E-state index in [4.69, 9.17) is 5.11 Å². The van der Waals surface area contributed by atoms with Crippen LogP contribution in [0, 0.1) is 0 Å². The van der Waals surface area contributed by atoms with Gasteiger partial charge in [-0.1, -0.05) is 30.3 Å². The van der Waals surface area contributed by atoms with Gasteiger partial charge in [-0.25, -0.2) is 0 Å². The molecule has 0 aliphatic heterocycles. The Bertz CT molecular complexity index is 340. The molecule has 0 bridgehead atoms. The van der Waals surface area contributed by atoms with Gasteiger partial charge >= 0.3 is 5.97 Å². The highest BCUT2D eigenvalue weighted by molar-refractivity contribution is 5.66. The van der Waals surface area contributed by atoms with Gasteiger partial charge in [0.05, 0.1) is 0 Å². The number of benzene rings is 1. The third-order valence-electron chi connectivity index (χ3n) is 2.75. The van der Waals surface area contributed by atoms with E-state index < -0.39 is 12.2 Å². The predicted molar refractivity (Wildman–Crippen MR) is 70.3 cm³/mol. The predicted octanol–water partition coefficient (Wildman–Crippen LogP) is 1.78. The van der Waals surface area contributed by atoms with Gasteiger partial charge in [0.2, 0.25) is 0 Å². The fourth-order valence-electron chi connectivity index (χ4n) is 1.74. The Morgan fingerprint density at radius 3 is 2.61 bits per heavy atom. The van der Waals surface area contributed by atoms with E-state index in [2.05, 4.69) is 17.4 Å². The van der Waals surface area contributed by atoms with Crippen LogP contribution in [0.25, 0.3) is 0 Å². The molecule has 0 aromatic heterocycles. The lowest BCUT2D eigenvalue weighted by Gasteiger charge is -2.12. The monoisotopic (exact) mass is 251 g/mol. The van der Waals surface area contributed by atoms with Gasteiger partial charge in [0.15, 0.2) is 0 Å². The normalized spacial score (nSPS) is 12.3. The van der Waals surface area contributed by atoms with E-state index >= 15 is 0 Å². The lowest BCUT2D eigenvalue weighted by atomic mass is 10.1. The standard InChI is InChI=1S/C14H21NO3/c16-13(8-4-5-9-14(17)18)15-11-10-12-6-2-1-3-7-12/h1-3,6-7,13,15-16H,4-5,8-11H2,(H,17,18). The minimum atomic E-state index is -0.776. The van der Waals surface area contributed by atoms with Gasteiger partial charge in [0.1, 0.15) is 6.23 Å². The van der Waals surface area contributed by atoms with E-state index in [0.29, 0.717) is 12.8 Å². The molecule has 0 radical (unpaired) electrons. The van der Waals surface area contributed by atoms with Crippen LogP contribution in [0.4, 0.5) is 0 Å². The summed E-state index contributed by atoms with van der Waals surface area (Å²) in [6, 6.07) is 10.1. The molecule has 100 valence electrons. The van der Waals surface area contributed by atoms with E-state index in [-0.39, 0.29) is 6.42 Å². The highest BCUT2D eigenvalue weighted by atomic mass is 16.4. The second-order valence-electron chi connectivity index (χ2n) is 4.35. The van der Waals surface area contributed by atoms with Crippen molar-refractivity contribution in [1.82, 2.24) is 5.32 Å². The zero-order valence-electron chi connectivity index (χ0n) is 10.5. The molecule has 4 nitrogen and oxygen atoms in total. The van der Waals surface area contributed by atoms with Crippen LogP contribution < -0.4 is 5.32 Å². The minimum Gasteiger partial charge on any atom is -0.481 e. The fraction of sp³-hybridized carbons (Fsp3) is 0.500. The Morgan fingerprint density at radius 1 is 1.22 bits per heavy atom. The number of hydrogen-bond acceptors (Lipinski definition) is 3. The molecule has 1 atom stereocenters. The first-order chi connectivity index (χ1) is 8.68. The molecule has 0 spiro atoms. The molecule has 0 saturated heterocycles. The number of aliphatic hydroxyl groups excluding tert-OH is 1. The highest BCUT2D eigenvalue weighted by Gasteiger charge is 2.03. The highest BCUT2D eigenvalue weighted by Crippen LogP contribution is 2.03. The van der Waals surface area contributed by atoms with Gasteiger partial charge in [-0.2, -0.15) is 0 Å². The number of aliphatic hydroxyl groups is 1. The Morgan fingerprint density at radius 2 is 1.94 bits per heavy atom. The van der Waals surface area contributed by atoms with Crippen molar-refractivity contribution in [2.45, 2.75) is 38.3 Å². The first-order valence-electron chi connectivity index (χ1n) is 6.35. The largest absolute Gasteiger partial charge is 0.481 e. The topological polar surface area (TPSA) is 69.6 Å². The molecule has 0 aliphatic rings. The van der Waals surface area contributed by atoms with Gasteiger partial charge in [-0.05, 0) is 31.2 Å². The molecule has 0 amide bonds. The molecule has 18 heavy (non-hydrogen) atoms. The van der Waals surface area contributed by atoms with E-state index in [1.807, 2.05) is 18.2 Å². The second kappa shape index (κ2) is 8.66. The summed E-state index contributed by atoms with van der Waals surface area (Å²) in [5.41, 5.74) is 1.24. The van der Waals surface area contributed by atoms with Crippen molar-refractivity contribution in [1.29, 1.82) is 0 Å². The van der Waals surface area contributed by atoms with Crippen LogP contribution in [0.1, 0.15) is 31.2 Å². The van der Waals surface area contributed by atoms with Gasteiger partial charge in [0.25, 0.3) is 0 Å². The Kier molecular flexibility index (Phi) is 7.06. The molecule has 0 fully saturated rings. The molecular weight excluding hydrogens is 230 g/mol. The van der Waals surface area contributed by atoms with Crippen molar-refractivity contribution in [3.8, 4) is 0 Å².